The van der Waals surface area contributed by atoms with Crippen LogP contribution in [0.1, 0.15) is 26.0 Å². The molecule has 1 aromatic heterocycles. The molecule has 0 atom stereocenters. The Bertz CT molecular complexity index is 406. The van der Waals surface area contributed by atoms with Crippen LogP contribution in [-0.2, 0) is 6.54 Å². The van der Waals surface area contributed by atoms with Crippen molar-refractivity contribution in [2.75, 3.05) is 20.2 Å². The van der Waals surface area contributed by atoms with Gasteiger partial charge in [-0.3, -0.25) is 10.3 Å². The van der Waals surface area contributed by atoms with E-state index < -0.39 is 0 Å². The van der Waals surface area contributed by atoms with Gasteiger partial charge in [-0.05, 0) is 12.0 Å². The Morgan fingerprint density at radius 2 is 2.21 bits per heavy atom. The van der Waals surface area contributed by atoms with Gasteiger partial charge in [-0.15, -0.1) is 0 Å². The lowest BCUT2D eigenvalue weighted by Crippen LogP contribution is -2.31. The molecule has 0 fully saturated rings. The number of nitrogens with zero attached hydrogens (tertiary/aromatic N) is 2. The lowest BCUT2D eigenvalue weighted by Gasteiger charge is -2.23. The third kappa shape index (κ3) is 6.20. The molecule has 0 aromatic carbocycles. The highest BCUT2D eigenvalue weighted by Crippen LogP contribution is 2.10. The summed E-state index contributed by atoms with van der Waals surface area (Å²) in [6.45, 7) is 6.86. The van der Waals surface area contributed by atoms with Gasteiger partial charge < -0.3 is 10.5 Å². The third-order valence-electron chi connectivity index (χ3n) is 2.70. The number of hydrogen-bond donors (Lipinski definition) is 2. The van der Waals surface area contributed by atoms with Crippen LogP contribution in [0.5, 0.6) is 5.88 Å². The Labute approximate surface area is 115 Å². The van der Waals surface area contributed by atoms with E-state index in [1.165, 1.54) is 0 Å². The summed E-state index contributed by atoms with van der Waals surface area (Å²) in [5, 5.41) is 7.33. The molecule has 3 N–H and O–H groups in total. The number of nitrogens with one attached hydrogen (secondary N) is 1. The first-order chi connectivity index (χ1) is 9.01. The number of hydrogen-bond acceptors (Lipinski definition) is 4. The molecule has 19 heavy (non-hydrogen) atoms. The molecule has 0 saturated heterocycles. The Hall–Kier alpha value is -1.62. The highest BCUT2D eigenvalue weighted by Gasteiger charge is 2.10. The van der Waals surface area contributed by atoms with Crippen molar-refractivity contribution in [1.29, 1.82) is 5.41 Å². The van der Waals surface area contributed by atoms with Crippen molar-refractivity contribution in [2.45, 2.75) is 26.8 Å². The molecular formula is C14H24N4O. The van der Waals surface area contributed by atoms with Crippen molar-refractivity contribution in [3.8, 4) is 5.88 Å². The van der Waals surface area contributed by atoms with E-state index >= 15 is 0 Å². The molecule has 106 valence electrons. The first-order valence-corrected chi connectivity index (χ1v) is 6.56. The number of ether oxygens (including phenoxy) is 1. The number of pyridine rings is 1. The molecule has 1 heterocycles. The number of amidine groups is 1. The summed E-state index contributed by atoms with van der Waals surface area (Å²) in [4.78, 5) is 6.69. The van der Waals surface area contributed by atoms with Crippen LogP contribution < -0.4 is 10.5 Å². The Morgan fingerprint density at radius 3 is 2.79 bits per heavy atom. The Balaban J connectivity index is 2.66. The maximum atomic E-state index is 7.33. The normalized spacial score (nSPS) is 11.0. The topological polar surface area (TPSA) is 75.2 Å². The average Bonchev–Trinajstić information content (AvgIpc) is 2.35. The Kier molecular flexibility index (Phi) is 6.29. The quantitative estimate of drug-likeness (QED) is 0.555. The number of rotatable bonds is 8. The van der Waals surface area contributed by atoms with E-state index in [1.54, 1.807) is 7.11 Å². The van der Waals surface area contributed by atoms with Crippen molar-refractivity contribution < 1.29 is 4.74 Å². The zero-order valence-electron chi connectivity index (χ0n) is 12.0. The molecule has 0 amide bonds. The molecule has 0 bridgehead atoms. The van der Waals surface area contributed by atoms with E-state index in [0.717, 1.165) is 25.3 Å². The van der Waals surface area contributed by atoms with Crippen LogP contribution >= 0.6 is 0 Å². The van der Waals surface area contributed by atoms with E-state index in [-0.39, 0.29) is 5.84 Å². The van der Waals surface area contributed by atoms with Gasteiger partial charge in [-0.2, -0.15) is 0 Å². The van der Waals surface area contributed by atoms with Crippen molar-refractivity contribution in [3.05, 3.63) is 23.9 Å². The summed E-state index contributed by atoms with van der Waals surface area (Å²) in [7, 11) is 1.62. The summed E-state index contributed by atoms with van der Waals surface area (Å²) >= 11 is 0. The second kappa shape index (κ2) is 7.74. The zero-order chi connectivity index (χ0) is 14.3. The maximum absolute atomic E-state index is 7.33. The van der Waals surface area contributed by atoms with Crippen molar-refractivity contribution in [3.63, 3.8) is 0 Å². The fraction of sp³-hybridized carbons (Fsp3) is 0.571. The van der Waals surface area contributed by atoms with Crippen molar-refractivity contribution >= 4 is 5.84 Å². The highest BCUT2D eigenvalue weighted by molar-refractivity contribution is 5.76. The Morgan fingerprint density at radius 1 is 1.47 bits per heavy atom. The third-order valence-corrected chi connectivity index (χ3v) is 2.70. The lowest BCUT2D eigenvalue weighted by molar-refractivity contribution is 0.238. The van der Waals surface area contributed by atoms with E-state index in [1.807, 2.05) is 18.2 Å². The first-order valence-electron chi connectivity index (χ1n) is 6.56. The fourth-order valence-corrected chi connectivity index (χ4v) is 1.92. The predicted molar refractivity (Wildman–Crippen MR) is 77.4 cm³/mol. The summed E-state index contributed by atoms with van der Waals surface area (Å²) in [6, 6.07) is 5.77. The van der Waals surface area contributed by atoms with Gasteiger partial charge in [0.15, 0.2) is 0 Å². The predicted octanol–water partition coefficient (Wildman–Crippen LogP) is 1.87. The first kappa shape index (κ1) is 15.4. The minimum absolute atomic E-state index is 0.229. The molecule has 0 aliphatic heterocycles. The van der Waals surface area contributed by atoms with E-state index in [4.69, 9.17) is 15.9 Å². The largest absolute Gasteiger partial charge is 0.481 e. The van der Waals surface area contributed by atoms with Gasteiger partial charge in [0.25, 0.3) is 0 Å². The summed E-state index contributed by atoms with van der Waals surface area (Å²) in [5.74, 6) is 1.43. The fourth-order valence-electron chi connectivity index (χ4n) is 1.92. The number of aromatic nitrogens is 1. The van der Waals surface area contributed by atoms with Crippen molar-refractivity contribution in [2.24, 2.45) is 11.7 Å². The molecule has 0 aliphatic rings. The van der Waals surface area contributed by atoms with Crippen LogP contribution in [0.15, 0.2) is 18.2 Å². The van der Waals surface area contributed by atoms with Gasteiger partial charge in [0.1, 0.15) is 0 Å². The van der Waals surface area contributed by atoms with Gasteiger partial charge >= 0.3 is 0 Å². The molecule has 0 radical (unpaired) electrons. The minimum Gasteiger partial charge on any atom is -0.481 e. The maximum Gasteiger partial charge on any atom is 0.213 e. The van der Waals surface area contributed by atoms with Crippen LogP contribution in [0.2, 0.25) is 0 Å². The van der Waals surface area contributed by atoms with E-state index in [0.29, 0.717) is 18.2 Å². The molecule has 0 aliphatic carbocycles. The average molecular weight is 264 g/mol. The van der Waals surface area contributed by atoms with Crippen LogP contribution in [-0.4, -0.2) is 35.9 Å². The molecule has 0 spiro atoms. The van der Waals surface area contributed by atoms with Crippen LogP contribution in [0.4, 0.5) is 0 Å². The van der Waals surface area contributed by atoms with Gasteiger partial charge in [0.05, 0.1) is 18.6 Å². The smallest absolute Gasteiger partial charge is 0.213 e. The van der Waals surface area contributed by atoms with E-state index in [2.05, 4.69) is 23.7 Å². The summed E-state index contributed by atoms with van der Waals surface area (Å²) in [5.41, 5.74) is 6.41. The molecule has 0 unspecified atom stereocenters. The molecular weight excluding hydrogens is 240 g/mol. The lowest BCUT2D eigenvalue weighted by atomic mass is 10.2. The second-order valence-corrected chi connectivity index (χ2v) is 5.08. The standard InChI is InChI=1S/C14H24N4O/c1-11(2)9-18(8-7-13(15)16)10-12-5-4-6-14(17-12)19-3/h4-6,11H,7-10H2,1-3H3,(H3,15,16). The highest BCUT2D eigenvalue weighted by atomic mass is 16.5. The monoisotopic (exact) mass is 264 g/mol. The minimum atomic E-state index is 0.229. The van der Waals surface area contributed by atoms with Gasteiger partial charge in [-0.25, -0.2) is 4.98 Å². The SMILES string of the molecule is COc1cccc(CN(CCC(=N)N)CC(C)C)n1. The van der Waals surface area contributed by atoms with Gasteiger partial charge in [0, 0.05) is 32.1 Å². The van der Waals surface area contributed by atoms with Crippen LogP contribution in [0.3, 0.4) is 0 Å². The van der Waals surface area contributed by atoms with Crippen LogP contribution in [0, 0.1) is 11.3 Å². The molecule has 0 saturated carbocycles. The summed E-state index contributed by atoms with van der Waals surface area (Å²) < 4.78 is 5.13. The number of methoxy groups -OCH3 is 1. The molecule has 5 heteroatoms. The second-order valence-electron chi connectivity index (χ2n) is 5.08. The molecule has 1 rings (SSSR count). The summed E-state index contributed by atoms with van der Waals surface area (Å²) in [6.07, 6.45) is 0.594. The van der Waals surface area contributed by atoms with Gasteiger partial charge in [-0.1, -0.05) is 19.9 Å². The zero-order valence-corrected chi connectivity index (χ0v) is 12.0. The molecule has 5 nitrogen and oxygen atoms in total. The van der Waals surface area contributed by atoms with Crippen LogP contribution in [0.25, 0.3) is 0 Å². The van der Waals surface area contributed by atoms with E-state index in [9.17, 15) is 0 Å². The van der Waals surface area contributed by atoms with Gasteiger partial charge in [0.2, 0.25) is 5.88 Å². The molecule has 1 aromatic rings. The van der Waals surface area contributed by atoms with Crippen molar-refractivity contribution in [1.82, 2.24) is 9.88 Å². The number of nitrogens with two attached hydrogens (primary N) is 1.